The molecule has 5 nitrogen and oxygen atoms in total. The van der Waals surface area contributed by atoms with Crippen LogP contribution in [0.15, 0.2) is 12.5 Å². The Hall–Kier alpha value is -1.36. The van der Waals surface area contributed by atoms with Crippen molar-refractivity contribution in [1.82, 2.24) is 15.3 Å². The van der Waals surface area contributed by atoms with Crippen molar-refractivity contribution in [1.29, 1.82) is 0 Å². The molecule has 1 fully saturated rings. The lowest BCUT2D eigenvalue weighted by Gasteiger charge is -2.08. The summed E-state index contributed by atoms with van der Waals surface area (Å²) in [6.07, 6.45) is 3.88. The summed E-state index contributed by atoms with van der Waals surface area (Å²) in [5.41, 5.74) is 0.493. The Labute approximate surface area is 75.5 Å². The Kier molecular flexibility index (Phi) is 2.27. The van der Waals surface area contributed by atoms with Crippen molar-refractivity contribution in [3.63, 3.8) is 0 Å². The van der Waals surface area contributed by atoms with Gasteiger partial charge in [-0.05, 0) is 6.42 Å². The van der Waals surface area contributed by atoms with E-state index in [1.165, 1.54) is 12.5 Å². The van der Waals surface area contributed by atoms with Crippen LogP contribution in [0.1, 0.15) is 16.9 Å². The van der Waals surface area contributed by atoms with Gasteiger partial charge < -0.3 is 15.0 Å². The largest absolute Gasteiger partial charge is 0.379 e. The number of aromatic nitrogens is 2. The molecule has 2 N–H and O–H groups in total. The SMILES string of the molecule is O=C(N[C@@H]1CCOC1)c1cnc[nH]1. The summed E-state index contributed by atoms with van der Waals surface area (Å²) in [5, 5.41) is 2.85. The number of carbonyl (C=O) groups is 1. The van der Waals surface area contributed by atoms with E-state index in [4.69, 9.17) is 4.74 Å². The molecule has 1 aromatic heterocycles. The molecular formula is C8H11N3O2. The minimum absolute atomic E-state index is 0.118. The van der Waals surface area contributed by atoms with E-state index in [1.807, 2.05) is 0 Å². The van der Waals surface area contributed by atoms with Crippen LogP contribution in [-0.2, 0) is 4.74 Å². The molecule has 13 heavy (non-hydrogen) atoms. The number of carbonyl (C=O) groups excluding carboxylic acids is 1. The number of hydrogen-bond acceptors (Lipinski definition) is 3. The number of imidazole rings is 1. The van der Waals surface area contributed by atoms with Gasteiger partial charge >= 0.3 is 0 Å². The van der Waals surface area contributed by atoms with Crippen molar-refractivity contribution >= 4 is 5.91 Å². The van der Waals surface area contributed by atoms with Crippen LogP contribution in [0.4, 0.5) is 0 Å². The fourth-order valence-electron chi connectivity index (χ4n) is 1.29. The Morgan fingerprint density at radius 3 is 3.31 bits per heavy atom. The fraction of sp³-hybridized carbons (Fsp3) is 0.500. The predicted octanol–water partition coefficient (Wildman–Crippen LogP) is -0.0716. The summed E-state index contributed by atoms with van der Waals surface area (Å²) in [5.74, 6) is -0.118. The van der Waals surface area contributed by atoms with Crippen LogP contribution < -0.4 is 5.32 Å². The smallest absolute Gasteiger partial charge is 0.269 e. The van der Waals surface area contributed by atoms with Crippen molar-refractivity contribution in [2.45, 2.75) is 12.5 Å². The second-order valence-corrected chi connectivity index (χ2v) is 3.00. The van der Waals surface area contributed by atoms with Gasteiger partial charge in [-0.1, -0.05) is 0 Å². The number of hydrogen-bond donors (Lipinski definition) is 2. The zero-order valence-corrected chi connectivity index (χ0v) is 7.12. The van der Waals surface area contributed by atoms with E-state index >= 15 is 0 Å². The van der Waals surface area contributed by atoms with Gasteiger partial charge in [0.05, 0.1) is 25.2 Å². The molecule has 70 valence electrons. The van der Waals surface area contributed by atoms with Crippen LogP contribution in [0.3, 0.4) is 0 Å². The van der Waals surface area contributed by atoms with Crippen molar-refractivity contribution in [2.75, 3.05) is 13.2 Å². The van der Waals surface area contributed by atoms with E-state index in [2.05, 4.69) is 15.3 Å². The van der Waals surface area contributed by atoms with Crippen molar-refractivity contribution in [3.8, 4) is 0 Å². The van der Waals surface area contributed by atoms with Gasteiger partial charge in [0.25, 0.3) is 5.91 Å². The van der Waals surface area contributed by atoms with E-state index < -0.39 is 0 Å². The molecule has 0 radical (unpaired) electrons. The quantitative estimate of drug-likeness (QED) is 0.671. The second kappa shape index (κ2) is 3.57. The molecule has 0 saturated carbocycles. The molecule has 1 amide bonds. The molecule has 1 aromatic rings. The maximum Gasteiger partial charge on any atom is 0.269 e. The Morgan fingerprint density at radius 1 is 1.77 bits per heavy atom. The van der Waals surface area contributed by atoms with Crippen molar-refractivity contribution < 1.29 is 9.53 Å². The number of ether oxygens (including phenoxy) is 1. The van der Waals surface area contributed by atoms with Gasteiger partial charge in [-0.2, -0.15) is 0 Å². The lowest BCUT2D eigenvalue weighted by molar-refractivity contribution is 0.0925. The van der Waals surface area contributed by atoms with Crippen LogP contribution in [-0.4, -0.2) is 35.1 Å². The molecule has 1 atom stereocenters. The first kappa shape index (κ1) is 8.25. The number of nitrogens with one attached hydrogen (secondary N) is 2. The highest BCUT2D eigenvalue weighted by molar-refractivity contribution is 5.92. The zero-order chi connectivity index (χ0) is 9.10. The normalized spacial score (nSPS) is 21.7. The van der Waals surface area contributed by atoms with Crippen molar-refractivity contribution in [2.24, 2.45) is 0 Å². The first-order chi connectivity index (χ1) is 6.36. The molecule has 2 heterocycles. The number of rotatable bonds is 2. The first-order valence-corrected chi connectivity index (χ1v) is 4.23. The van der Waals surface area contributed by atoms with Gasteiger partial charge in [-0.25, -0.2) is 4.98 Å². The van der Waals surface area contributed by atoms with E-state index in [0.717, 1.165) is 13.0 Å². The summed E-state index contributed by atoms with van der Waals surface area (Å²) >= 11 is 0. The van der Waals surface area contributed by atoms with Gasteiger partial charge in [-0.3, -0.25) is 4.79 Å². The maximum absolute atomic E-state index is 11.4. The predicted molar refractivity (Wildman–Crippen MR) is 45.3 cm³/mol. The maximum atomic E-state index is 11.4. The van der Waals surface area contributed by atoms with E-state index in [-0.39, 0.29) is 11.9 Å². The van der Waals surface area contributed by atoms with Crippen molar-refractivity contribution in [3.05, 3.63) is 18.2 Å². The minimum Gasteiger partial charge on any atom is -0.379 e. The molecule has 2 rings (SSSR count). The summed E-state index contributed by atoms with van der Waals surface area (Å²) in [4.78, 5) is 17.9. The average molecular weight is 181 g/mol. The highest BCUT2D eigenvalue weighted by Gasteiger charge is 2.18. The van der Waals surface area contributed by atoms with Gasteiger partial charge in [-0.15, -0.1) is 0 Å². The van der Waals surface area contributed by atoms with Crippen LogP contribution in [0.25, 0.3) is 0 Å². The molecular weight excluding hydrogens is 170 g/mol. The molecule has 5 heteroatoms. The van der Waals surface area contributed by atoms with Crippen LogP contribution in [0.2, 0.25) is 0 Å². The molecule has 1 aliphatic rings. The summed E-state index contributed by atoms with van der Waals surface area (Å²) < 4.78 is 5.13. The monoisotopic (exact) mass is 181 g/mol. The van der Waals surface area contributed by atoms with E-state index in [1.54, 1.807) is 0 Å². The standard InChI is InChI=1S/C8H11N3O2/c12-8(7-3-9-5-10-7)11-6-1-2-13-4-6/h3,5-6H,1-2,4H2,(H,9,10)(H,11,12)/t6-/m1/s1. The Balaban J connectivity index is 1.91. The number of aromatic amines is 1. The molecule has 1 saturated heterocycles. The highest BCUT2D eigenvalue weighted by Crippen LogP contribution is 2.04. The van der Waals surface area contributed by atoms with Gasteiger partial charge in [0.1, 0.15) is 5.69 Å². The first-order valence-electron chi connectivity index (χ1n) is 4.23. The topological polar surface area (TPSA) is 67.0 Å². The summed E-state index contributed by atoms with van der Waals surface area (Å²) in [7, 11) is 0. The number of nitrogens with zero attached hydrogens (tertiary/aromatic N) is 1. The average Bonchev–Trinajstić information content (AvgIpc) is 2.74. The van der Waals surface area contributed by atoms with E-state index in [0.29, 0.717) is 12.3 Å². The fourth-order valence-corrected chi connectivity index (χ4v) is 1.29. The van der Waals surface area contributed by atoms with E-state index in [9.17, 15) is 4.79 Å². The van der Waals surface area contributed by atoms with Gasteiger partial charge in [0, 0.05) is 6.61 Å². The molecule has 1 aliphatic heterocycles. The van der Waals surface area contributed by atoms with Crippen LogP contribution in [0, 0.1) is 0 Å². The molecule has 0 bridgehead atoms. The Morgan fingerprint density at radius 2 is 2.69 bits per heavy atom. The molecule has 0 aliphatic carbocycles. The lowest BCUT2D eigenvalue weighted by atomic mass is 10.2. The number of H-pyrrole nitrogens is 1. The summed E-state index contributed by atoms with van der Waals surface area (Å²) in [6, 6.07) is 0.149. The molecule has 0 unspecified atom stereocenters. The Bertz CT molecular complexity index is 278. The zero-order valence-electron chi connectivity index (χ0n) is 7.12. The van der Waals surface area contributed by atoms with Crippen LogP contribution >= 0.6 is 0 Å². The number of amides is 1. The third-order valence-electron chi connectivity index (χ3n) is 2.01. The second-order valence-electron chi connectivity index (χ2n) is 3.00. The lowest BCUT2D eigenvalue weighted by Crippen LogP contribution is -2.35. The minimum atomic E-state index is -0.118. The third-order valence-corrected chi connectivity index (χ3v) is 2.01. The molecule has 0 aromatic carbocycles. The highest BCUT2D eigenvalue weighted by atomic mass is 16.5. The third kappa shape index (κ3) is 1.86. The van der Waals surface area contributed by atoms with Gasteiger partial charge in [0.15, 0.2) is 0 Å². The molecule has 0 spiro atoms. The van der Waals surface area contributed by atoms with Crippen LogP contribution in [0.5, 0.6) is 0 Å². The van der Waals surface area contributed by atoms with Gasteiger partial charge in [0.2, 0.25) is 0 Å². The summed E-state index contributed by atoms with van der Waals surface area (Å²) in [6.45, 7) is 1.34.